The third kappa shape index (κ3) is 3.21. The molecule has 0 saturated carbocycles. The topological polar surface area (TPSA) is 56.8 Å². The number of hydrogen-bond acceptors (Lipinski definition) is 5. The van der Waals surface area contributed by atoms with Crippen LogP contribution in [0, 0.1) is 0 Å². The fraction of sp³-hybridized carbons (Fsp3) is 0.381. The molecule has 5 heteroatoms. The molecule has 2 aromatic carbocycles. The van der Waals surface area contributed by atoms with E-state index in [9.17, 15) is 0 Å². The zero-order valence-electron chi connectivity index (χ0n) is 15.2. The summed E-state index contributed by atoms with van der Waals surface area (Å²) in [4.78, 5) is 4.65. The molecule has 4 rings (SSSR count). The first-order valence-corrected chi connectivity index (χ1v) is 9.82. The van der Waals surface area contributed by atoms with Crippen molar-refractivity contribution in [1.29, 1.82) is 0 Å². The molecule has 0 spiro atoms. The van der Waals surface area contributed by atoms with Crippen LogP contribution in [0.4, 0.5) is 0 Å². The highest BCUT2D eigenvalue weighted by atomic mass is 32.2. The molecule has 4 nitrogen and oxygen atoms in total. The Labute approximate surface area is 158 Å². The molecule has 0 aromatic heterocycles. The predicted molar refractivity (Wildman–Crippen MR) is 107 cm³/mol. The predicted octanol–water partition coefficient (Wildman–Crippen LogP) is 3.60. The minimum Gasteiger partial charge on any atom is -0.496 e. The average Bonchev–Trinajstić information content (AvgIpc) is 3.19. The van der Waals surface area contributed by atoms with Gasteiger partial charge in [0.05, 0.1) is 18.5 Å². The Kier molecular flexibility index (Phi) is 4.67. The van der Waals surface area contributed by atoms with E-state index in [0.29, 0.717) is 0 Å². The number of nitrogens with zero attached hydrogens (tertiary/aromatic N) is 1. The Morgan fingerprint density at radius 2 is 2.12 bits per heavy atom. The van der Waals surface area contributed by atoms with Crippen molar-refractivity contribution < 1.29 is 9.47 Å². The molecule has 26 heavy (non-hydrogen) atoms. The van der Waals surface area contributed by atoms with Crippen LogP contribution in [0.3, 0.4) is 0 Å². The number of hydrogen-bond donors (Lipinski definition) is 1. The fourth-order valence-corrected chi connectivity index (χ4v) is 5.27. The molecule has 0 aliphatic carbocycles. The van der Waals surface area contributed by atoms with E-state index in [2.05, 4.69) is 42.2 Å². The van der Waals surface area contributed by atoms with E-state index in [-0.39, 0.29) is 10.2 Å². The molecule has 2 heterocycles. The molecule has 0 fully saturated rings. The lowest BCUT2D eigenvalue weighted by Crippen LogP contribution is -2.36. The van der Waals surface area contributed by atoms with Crippen molar-refractivity contribution in [3.63, 3.8) is 0 Å². The van der Waals surface area contributed by atoms with Gasteiger partial charge in [-0.15, -0.1) is 11.8 Å². The summed E-state index contributed by atoms with van der Waals surface area (Å²) in [5, 5.41) is 0. The number of ether oxygens (including phenoxy) is 2. The molecule has 2 N–H and O–H groups in total. The smallest absolute Gasteiger partial charge is 0.145 e. The van der Waals surface area contributed by atoms with Gasteiger partial charge in [0.15, 0.2) is 0 Å². The quantitative estimate of drug-likeness (QED) is 0.876. The number of rotatable bonds is 5. The third-order valence-electron chi connectivity index (χ3n) is 5.24. The third-order valence-corrected chi connectivity index (χ3v) is 6.62. The molecular weight excluding hydrogens is 344 g/mol. The van der Waals surface area contributed by atoms with Crippen LogP contribution in [0.2, 0.25) is 0 Å². The lowest BCUT2D eigenvalue weighted by Gasteiger charge is -2.30. The zero-order chi connectivity index (χ0) is 18.1. The number of para-hydroxylation sites is 1. The number of nitrogens with two attached hydrogens (primary N) is 1. The second-order valence-corrected chi connectivity index (χ2v) is 8.42. The highest BCUT2D eigenvalue weighted by molar-refractivity contribution is 8.02. The summed E-state index contributed by atoms with van der Waals surface area (Å²) in [6.07, 6.45) is 2.73. The summed E-state index contributed by atoms with van der Waals surface area (Å²) in [5.74, 6) is 1.94. The van der Waals surface area contributed by atoms with Crippen molar-refractivity contribution >= 4 is 17.5 Å². The van der Waals surface area contributed by atoms with Crippen LogP contribution >= 0.6 is 11.8 Å². The van der Waals surface area contributed by atoms with Crippen LogP contribution in [0.15, 0.2) is 47.5 Å². The lowest BCUT2D eigenvalue weighted by atomic mass is 9.87. The largest absolute Gasteiger partial charge is 0.496 e. The first-order chi connectivity index (χ1) is 12.6. The molecule has 0 bridgehead atoms. The van der Waals surface area contributed by atoms with Crippen LogP contribution in [-0.4, -0.2) is 29.7 Å². The number of thioether (sulfide) groups is 1. The van der Waals surface area contributed by atoms with Gasteiger partial charge in [-0.1, -0.05) is 30.3 Å². The monoisotopic (exact) mass is 368 g/mol. The maximum absolute atomic E-state index is 6.19. The molecule has 2 aliphatic heterocycles. The highest BCUT2D eigenvalue weighted by Gasteiger charge is 2.41. The lowest BCUT2D eigenvalue weighted by molar-refractivity contribution is 0.357. The molecule has 0 radical (unpaired) electrons. The van der Waals surface area contributed by atoms with Crippen LogP contribution in [0.5, 0.6) is 11.5 Å². The highest BCUT2D eigenvalue weighted by Crippen LogP contribution is 2.43. The van der Waals surface area contributed by atoms with Gasteiger partial charge in [0.2, 0.25) is 0 Å². The van der Waals surface area contributed by atoms with Gasteiger partial charge in [-0.05, 0) is 48.6 Å². The summed E-state index contributed by atoms with van der Waals surface area (Å²) >= 11 is 1.75. The second-order valence-electron chi connectivity index (χ2n) is 6.92. The van der Waals surface area contributed by atoms with Gasteiger partial charge in [-0.25, -0.2) is 0 Å². The minimum absolute atomic E-state index is 0.151. The zero-order valence-corrected chi connectivity index (χ0v) is 16.0. The Morgan fingerprint density at radius 3 is 2.88 bits per heavy atom. The van der Waals surface area contributed by atoms with E-state index < -0.39 is 0 Å². The molecule has 2 aromatic rings. The van der Waals surface area contributed by atoms with Crippen molar-refractivity contribution in [3.05, 3.63) is 59.2 Å². The molecule has 2 aliphatic rings. The summed E-state index contributed by atoms with van der Waals surface area (Å²) in [6, 6.07) is 14.8. The van der Waals surface area contributed by atoms with E-state index >= 15 is 0 Å². The Bertz CT molecular complexity index is 852. The molecule has 0 amide bonds. The summed E-state index contributed by atoms with van der Waals surface area (Å²) < 4.78 is 11.1. The van der Waals surface area contributed by atoms with Crippen LogP contribution in [0.25, 0.3) is 0 Å². The molecule has 2 unspecified atom stereocenters. The van der Waals surface area contributed by atoms with Gasteiger partial charge >= 0.3 is 0 Å². The summed E-state index contributed by atoms with van der Waals surface area (Å²) in [7, 11) is 1.72. The van der Waals surface area contributed by atoms with Gasteiger partial charge in [-0.2, -0.15) is 0 Å². The number of methoxy groups -OCH3 is 1. The van der Waals surface area contributed by atoms with E-state index in [0.717, 1.165) is 43.1 Å². The maximum atomic E-state index is 6.19. The fourth-order valence-electron chi connectivity index (χ4n) is 3.89. The van der Waals surface area contributed by atoms with Gasteiger partial charge in [0.25, 0.3) is 0 Å². The van der Waals surface area contributed by atoms with E-state index in [1.807, 2.05) is 12.1 Å². The standard InChI is InChI=1S/C21H24N2O2S/c1-14-21(26-20(22)23-14,13-17-5-3-4-6-18(17)24-2)12-15-7-8-19-16(11-15)9-10-25-19/h3-8,11,20H,9-10,12-13,22H2,1-2H3. The SMILES string of the molecule is COc1ccccc1CC1(Cc2ccc3c(c2)CCO3)SC(N)N=C1C. The Hall–Kier alpha value is -1.98. The number of benzene rings is 2. The van der Waals surface area contributed by atoms with E-state index in [4.69, 9.17) is 15.2 Å². The van der Waals surface area contributed by atoms with Crippen molar-refractivity contribution in [1.82, 2.24) is 0 Å². The second kappa shape index (κ2) is 6.97. The van der Waals surface area contributed by atoms with Crippen LogP contribution < -0.4 is 15.2 Å². The molecule has 136 valence electrons. The van der Waals surface area contributed by atoms with Gasteiger partial charge < -0.3 is 15.2 Å². The van der Waals surface area contributed by atoms with Gasteiger partial charge in [0, 0.05) is 12.1 Å². The van der Waals surface area contributed by atoms with Crippen molar-refractivity contribution in [2.45, 2.75) is 36.4 Å². The normalized spacial score (nSPS) is 24.1. The molecule has 0 saturated heterocycles. The van der Waals surface area contributed by atoms with Crippen molar-refractivity contribution in [3.8, 4) is 11.5 Å². The minimum atomic E-state index is -0.206. The van der Waals surface area contributed by atoms with Crippen LogP contribution in [-0.2, 0) is 19.3 Å². The van der Waals surface area contributed by atoms with E-state index in [1.54, 1.807) is 18.9 Å². The van der Waals surface area contributed by atoms with Crippen molar-refractivity contribution in [2.24, 2.45) is 10.7 Å². The van der Waals surface area contributed by atoms with Crippen LogP contribution in [0.1, 0.15) is 23.6 Å². The van der Waals surface area contributed by atoms with Crippen molar-refractivity contribution in [2.75, 3.05) is 13.7 Å². The summed E-state index contributed by atoms with van der Waals surface area (Å²) in [6.45, 7) is 2.89. The molecule has 2 atom stereocenters. The van der Waals surface area contributed by atoms with Gasteiger partial charge in [0.1, 0.15) is 17.0 Å². The summed E-state index contributed by atoms with van der Waals surface area (Å²) in [5.41, 5.74) is 10.9. The first-order valence-electron chi connectivity index (χ1n) is 8.94. The number of fused-ring (bicyclic) bond motifs is 1. The number of aliphatic imine (C=N–C) groups is 1. The van der Waals surface area contributed by atoms with Gasteiger partial charge in [-0.3, -0.25) is 4.99 Å². The maximum Gasteiger partial charge on any atom is 0.145 e. The molecular formula is C21H24N2O2S. The van der Waals surface area contributed by atoms with E-state index in [1.165, 1.54) is 16.7 Å². The first kappa shape index (κ1) is 17.4. The Morgan fingerprint density at radius 1 is 1.27 bits per heavy atom. The Balaban J connectivity index is 1.67. The average molecular weight is 369 g/mol.